The third-order valence-electron chi connectivity index (χ3n) is 5.59. The molecule has 2 atom stereocenters. The Morgan fingerprint density at radius 3 is 2.70 bits per heavy atom. The van der Waals surface area contributed by atoms with Gasteiger partial charge < -0.3 is 0 Å². The van der Waals surface area contributed by atoms with E-state index in [1.54, 1.807) is 0 Å². The van der Waals surface area contributed by atoms with Gasteiger partial charge in [-0.15, -0.1) is 0 Å². The van der Waals surface area contributed by atoms with E-state index in [9.17, 15) is 0 Å². The molecular formula is C21H15BrCl2NSZr. The van der Waals surface area contributed by atoms with Crippen LogP contribution in [0.4, 0.5) is 0 Å². The Balaban J connectivity index is 1.64. The van der Waals surface area contributed by atoms with E-state index in [0.29, 0.717) is 0 Å². The molecule has 5 rings (SSSR count). The molecule has 0 N–H and O–H groups in total. The Morgan fingerprint density at radius 1 is 1.04 bits per heavy atom. The molecule has 0 fully saturated rings. The SMILES string of the molecule is [SH][Zr]([Cl])([Cl])([C]1=CN=CC2C1=Cc1cc(Br)ccc12)[CH]1C=Cc2ccccc21. The molecule has 0 aromatic heterocycles. The molecule has 3 aliphatic rings. The van der Waals surface area contributed by atoms with E-state index in [1.807, 2.05) is 24.5 Å². The van der Waals surface area contributed by atoms with Crippen LogP contribution < -0.4 is 0 Å². The van der Waals surface area contributed by atoms with Crippen LogP contribution in [0, 0.1) is 0 Å². The minimum absolute atomic E-state index is 0.0779. The van der Waals surface area contributed by atoms with Crippen LogP contribution in [0.15, 0.2) is 73.1 Å². The number of allylic oxidation sites excluding steroid dienone is 3. The number of hydrogen-bond donors (Lipinski definition) is 1. The first-order chi connectivity index (χ1) is 12.8. The molecular weight excluding hydrogens is 540 g/mol. The Bertz CT molecular complexity index is 1110. The summed E-state index contributed by atoms with van der Waals surface area (Å²) in [4.78, 5) is 4.53. The number of hydrogen-bond acceptors (Lipinski definition) is 2. The molecule has 0 saturated heterocycles. The van der Waals surface area contributed by atoms with E-state index in [4.69, 9.17) is 26.4 Å². The summed E-state index contributed by atoms with van der Waals surface area (Å²) in [5, 5.41) is 0. The summed E-state index contributed by atoms with van der Waals surface area (Å²) >= 11 is -1.15. The number of halogens is 3. The van der Waals surface area contributed by atoms with Crippen LogP contribution in [0.3, 0.4) is 0 Å². The number of aliphatic imine (C=N–C) groups is 1. The standard InChI is InChI=1S/C12H7BrN.C9H7.2ClH.H2S.Zr/c13-10-1-2-11-9(6-10)5-8-3-4-14-7-12(8)11;1-2-5-9-7-3-6-8(9)4-1;;;;/h1-2,4-7,12H;1-7H;2*1H;1H2;/q;;;;;+3/p-3. The first-order valence-corrected chi connectivity index (χ1v) is 22.2. The van der Waals surface area contributed by atoms with Gasteiger partial charge in [0.1, 0.15) is 0 Å². The van der Waals surface area contributed by atoms with Crippen molar-refractivity contribution in [1.29, 1.82) is 0 Å². The summed E-state index contributed by atoms with van der Waals surface area (Å²) in [6.45, 7) is 0. The minimum atomic E-state index is -4.72. The molecule has 6 heteroatoms. The molecule has 27 heavy (non-hydrogen) atoms. The molecule has 0 saturated carbocycles. The second kappa shape index (κ2) is 6.31. The Labute approximate surface area is 178 Å². The van der Waals surface area contributed by atoms with Crippen molar-refractivity contribution in [2.75, 3.05) is 0 Å². The molecule has 2 unspecified atom stereocenters. The van der Waals surface area contributed by atoms with Gasteiger partial charge in [0.2, 0.25) is 0 Å². The molecule has 135 valence electrons. The van der Waals surface area contributed by atoms with Crippen LogP contribution in [0.25, 0.3) is 12.2 Å². The molecule has 0 spiro atoms. The van der Waals surface area contributed by atoms with Crippen LogP contribution >= 0.6 is 42.3 Å². The second-order valence-corrected chi connectivity index (χ2v) is 35.1. The van der Waals surface area contributed by atoms with E-state index >= 15 is 0 Å². The summed E-state index contributed by atoms with van der Waals surface area (Å²) in [6.07, 6.45) is 10.2. The van der Waals surface area contributed by atoms with Gasteiger partial charge in [-0.3, -0.25) is 0 Å². The number of rotatable bonds is 2. The van der Waals surface area contributed by atoms with E-state index in [0.717, 1.165) is 18.9 Å². The van der Waals surface area contributed by atoms with Crippen molar-refractivity contribution in [3.63, 3.8) is 0 Å². The normalized spacial score (nSPS) is 23.8. The van der Waals surface area contributed by atoms with Crippen LogP contribution in [-0.2, 0) is 14.9 Å². The second-order valence-electron chi connectivity index (χ2n) is 7.19. The topological polar surface area (TPSA) is 12.4 Å². The quantitative estimate of drug-likeness (QED) is 0.370. The molecule has 1 aliphatic heterocycles. The first kappa shape index (κ1) is 18.6. The molecule has 1 heterocycles. The molecule has 1 nitrogen and oxygen atoms in total. The summed E-state index contributed by atoms with van der Waals surface area (Å²) in [5.74, 6) is 0.0891. The monoisotopic (exact) mass is 552 g/mol. The van der Waals surface area contributed by atoms with Gasteiger partial charge in [-0.25, -0.2) is 0 Å². The summed E-state index contributed by atoms with van der Waals surface area (Å²) in [6, 6.07) is 14.6. The van der Waals surface area contributed by atoms with Gasteiger partial charge in [-0.2, -0.15) is 0 Å². The average molecular weight is 555 g/mol. The molecule has 2 aromatic carbocycles. The van der Waals surface area contributed by atoms with E-state index in [2.05, 4.69) is 69.5 Å². The van der Waals surface area contributed by atoms with Crippen LogP contribution in [0.2, 0.25) is 0 Å². The Kier molecular flexibility index (Phi) is 4.36. The van der Waals surface area contributed by atoms with Crippen molar-refractivity contribution in [3.8, 4) is 0 Å². The maximum atomic E-state index is 7.34. The fourth-order valence-corrected chi connectivity index (χ4v) is 17.6. The van der Waals surface area contributed by atoms with E-state index in [1.165, 1.54) is 16.7 Å². The molecule has 0 bridgehead atoms. The zero-order valence-electron chi connectivity index (χ0n) is 14.1. The van der Waals surface area contributed by atoms with Crippen LogP contribution in [0.5, 0.6) is 0 Å². The number of benzene rings is 2. The predicted molar refractivity (Wildman–Crippen MR) is 120 cm³/mol. The molecule has 2 aromatic rings. The van der Waals surface area contributed by atoms with Gasteiger partial charge in [0.05, 0.1) is 0 Å². The van der Waals surface area contributed by atoms with Crippen molar-refractivity contribution in [3.05, 3.63) is 90.3 Å². The molecule has 0 amide bonds. The Hall–Kier alpha value is -0.377. The number of fused-ring (bicyclic) bond motifs is 4. The van der Waals surface area contributed by atoms with Gasteiger partial charge in [-0.05, 0) is 0 Å². The zero-order valence-corrected chi connectivity index (χ0v) is 20.6. The van der Waals surface area contributed by atoms with Gasteiger partial charge in [-0.1, -0.05) is 0 Å². The average Bonchev–Trinajstić information content (AvgIpc) is 3.22. The van der Waals surface area contributed by atoms with Gasteiger partial charge in [0.15, 0.2) is 0 Å². The molecule has 2 aliphatic carbocycles. The van der Waals surface area contributed by atoms with Gasteiger partial charge in [0, 0.05) is 0 Å². The summed E-state index contributed by atoms with van der Waals surface area (Å²) in [7, 11) is 19.8. The summed E-state index contributed by atoms with van der Waals surface area (Å²) in [5.41, 5.74) is 5.88. The van der Waals surface area contributed by atoms with Crippen LogP contribution in [-0.4, -0.2) is 6.21 Å². The van der Waals surface area contributed by atoms with Crippen molar-refractivity contribution >= 4 is 60.7 Å². The number of nitrogens with zero attached hydrogens (tertiary/aromatic N) is 1. The third kappa shape index (κ3) is 2.87. The van der Waals surface area contributed by atoms with E-state index in [-0.39, 0.29) is 9.54 Å². The van der Waals surface area contributed by atoms with Crippen molar-refractivity contribution < 1.29 is 14.9 Å². The number of thiol groups is 1. The maximum absolute atomic E-state index is 7.34. The van der Waals surface area contributed by atoms with Gasteiger partial charge >= 0.3 is 180 Å². The third-order valence-corrected chi connectivity index (χ3v) is 21.6. The predicted octanol–water partition coefficient (Wildman–Crippen LogP) is 7.47. The Morgan fingerprint density at radius 2 is 1.85 bits per heavy atom. The van der Waals surface area contributed by atoms with Crippen molar-refractivity contribution in [1.82, 2.24) is 0 Å². The van der Waals surface area contributed by atoms with E-state index < -0.39 is 14.9 Å². The zero-order chi connectivity index (χ0) is 18.8. The van der Waals surface area contributed by atoms with Crippen molar-refractivity contribution in [2.45, 2.75) is 9.54 Å². The van der Waals surface area contributed by atoms with Crippen molar-refractivity contribution in [2.24, 2.45) is 4.99 Å². The summed E-state index contributed by atoms with van der Waals surface area (Å²) < 4.78 is 1.92. The fraction of sp³-hybridized carbons (Fsp3) is 0.0952. The van der Waals surface area contributed by atoms with Crippen LogP contribution in [0.1, 0.15) is 31.8 Å². The first-order valence-electron chi connectivity index (χ1n) is 8.68. The molecule has 0 radical (unpaired) electrons. The van der Waals surface area contributed by atoms with Gasteiger partial charge in [0.25, 0.3) is 0 Å². The fourth-order valence-electron chi connectivity index (χ4n) is 4.28.